The van der Waals surface area contributed by atoms with Crippen molar-refractivity contribution >= 4 is 5.91 Å². The minimum absolute atomic E-state index is 0.257. The van der Waals surface area contributed by atoms with Crippen molar-refractivity contribution in [3.05, 3.63) is 65.7 Å². The number of carbonyl (C=O) groups excluding carboxylic acids is 1. The average Bonchev–Trinajstić information content (AvgIpc) is 3.44. The van der Waals surface area contributed by atoms with E-state index in [0.717, 1.165) is 31.6 Å². The summed E-state index contributed by atoms with van der Waals surface area (Å²) in [6.45, 7) is 0.729. The highest BCUT2D eigenvalue weighted by atomic mass is 16.5. The molecule has 0 saturated heterocycles. The van der Waals surface area contributed by atoms with Crippen LogP contribution in [-0.4, -0.2) is 24.0 Å². The van der Waals surface area contributed by atoms with Gasteiger partial charge in [-0.3, -0.25) is 4.79 Å². The van der Waals surface area contributed by atoms with Gasteiger partial charge in [0.15, 0.2) is 0 Å². The molecule has 3 heteroatoms. The Balaban J connectivity index is 1.58. The summed E-state index contributed by atoms with van der Waals surface area (Å²) in [5, 5.41) is 0. The topological polar surface area (TPSA) is 29.5 Å². The fourth-order valence-electron chi connectivity index (χ4n) is 2.77. The average molecular weight is 309 g/mol. The molecule has 0 bridgehead atoms. The lowest BCUT2D eigenvalue weighted by Gasteiger charge is -2.22. The van der Waals surface area contributed by atoms with E-state index in [-0.39, 0.29) is 5.91 Å². The molecule has 2 aromatic carbocycles. The van der Waals surface area contributed by atoms with Gasteiger partial charge < -0.3 is 9.64 Å². The van der Waals surface area contributed by atoms with E-state index in [0.29, 0.717) is 12.5 Å². The van der Waals surface area contributed by atoms with E-state index >= 15 is 0 Å². The number of rotatable bonds is 7. The van der Waals surface area contributed by atoms with Crippen LogP contribution in [0.4, 0.5) is 0 Å². The Morgan fingerprint density at radius 3 is 2.35 bits per heavy atom. The first-order valence-corrected chi connectivity index (χ1v) is 8.22. The standard InChI is InChI=1S/C20H23NO2/c1-23-19-12-7-16(8-13-19)9-14-20(22)21(18-10-11-18)15-17-5-3-2-4-6-17/h2-8,12-13,18H,9-11,14-15H2,1H3. The van der Waals surface area contributed by atoms with E-state index in [2.05, 4.69) is 17.0 Å². The molecular formula is C20H23NO2. The second-order valence-corrected chi connectivity index (χ2v) is 6.09. The lowest BCUT2D eigenvalue weighted by atomic mass is 10.1. The number of nitrogens with zero attached hydrogens (tertiary/aromatic N) is 1. The van der Waals surface area contributed by atoms with Gasteiger partial charge in [-0.05, 0) is 42.5 Å². The number of aryl methyl sites for hydroxylation is 1. The van der Waals surface area contributed by atoms with Crippen LogP contribution in [0.1, 0.15) is 30.4 Å². The lowest BCUT2D eigenvalue weighted by Crippen LogP contribution is -2.32. The Kier molecular flexibility index (Phi) is 4.96. The molecule has 0 radical (unpaired) electrons. The van der Waals surface area contributed by atoms with Gasteiger partial charge in [0.25, 0.3) is 0 Å². The molecule has 0 atom stereocenters. The Hall–Kier alpha value is -2.29. The van der Waals surface area contributed by atoms with Crippen LogP contribution >= 0.6 is 0 Å². The summed E-state index contributed by atoms with van der Waals surface area (Å²) in [6.07, 6.45) is 3.62. The van der Waals surface area contributed by atoms with Crippen LogP contribution in [0.5, 0.6) is 5.75 Å². The van der Waals surface area contributed by atoms with Crippen molar-refractivity contribution in [1.29, 1.82) is 0 Å². The summed E-state index contributed by atoms with van der Waals surface area (Å²) < 4.78 is 5.16. The molecule has 0 heterocycles. The smallest absolute Gasteiger partial charge is 0.223 e. The second kappa shape index (κ2) is 7.32. The van der Waals surface area contributed by atoms with Crippen LogP contribution in [0.2, 0.25) is 0 Å². The van der Waals surface area contributed by atoms with Gasteiger partial charge in [0, 0.05) is 19.0 Å². The molecule has 3 rings (SSSR count). The van der Waals surface area contributed by atoms with E-state index < -0.39 is 0 Å². The largest absolute Gasteiger partial charge is 0.497 e. The van der Waals surface area contributed by atoms with Crippen molar-refractivity contribution in [2.45, 2.75) is 38.3 Å². The number of benzene rings is 2. The molecule has 23 heavy (non-hydrogen) atoms. The van der Waals surface area contributed by atoms with E-state index in [9.17, 15) is 4.79 Å². The summed E-state index contributed by atoms with van der Waals surface area (Å²) >= 11 is 0. The molecule has 1 aliphatic carbocycles. The third kappa shape index (κ3) is 4.35. The Bertz CT molecular complexity index is 632. The number of methoxy groups -OCH3 is 1. The van der Waals surface area contributed by atoms with Crippen molar-refractivity contribution in [2.75, 3.05) is 7.11 Å². The monoisotopic (exact) mass is 309 g/mol. The molecule has 0 aliphatic heterocycles. The van der Waals surface area contributed by atoms with E-state index in [4.69, 9.17) is 4.74 Å². The number of ether oxygens (including phenoxy) is 1. The lowest BCUT2D eigenvalue weighted by molar-refractivity contribution is -0.132. The molecule has 1 saturated carbocycles. The SMILES string of the molecule is COc1ccc(CCC(=O)N(Cc2ccccc2)C2CC2)cc1. The fraction of sp³-hybridized carbons (Fsp3) is 0.350. The first-order chi connectivity index (χ1) is 11.3. The molecule has 0 spiro atoms. The molecule has 3 nitrogen and oxygen atoms in total. The molecule has 2 aromatic rings. The predicted octanol–water partition coefficient (Wildman–Crippen LogP) is 3.82. The maximum absolute atomic E-state index is 12.6. The third-order valence-electron chi connectivity index (χ3n) is 4.29. The van der Waals surface area contributed by atoms with Gasteiger partial charge in [-0.1, -0.05) is 42.5 Å². The zero-order chi connectivity index (χ0) is 16.1. The summed E-state index contributed by atoms with van der Waals surface area (Å²) in [5.41, 5.74) is 2.38. The van der Waals surface area contributed by atoms with Crippen LogP contribution in [0.25, 0.3) is 0 Å². The fourth-order valence-corrected chi connectivity index (χ4v) is 2.77. The van der Waals surface area contributed by atoms with Crippen molar-refractivity contribution < 1.29 is 9.53 Å². The van der Waals surface area contributed by atoms with Crippen LogP contribution in [-0.2, 0) is 17.8 Å². The zero-order valence-electron chi connectivity index (χ0n) is 13.6. The quantitative estimate of drug-likeness (QED) is 0.778. The third-order valence-corrected chi connectivity index (χ3v) is 4.29. The molecule has 0 aromatic heterocycles. The normalized spacial score (nSPS) is 13.6. The molecule has 1 amide bonds. The van der Waals surface area contributed by atoms with Crippen molar-refractivity contribution in [1.82, 2.24) is 4.90 Å². The predicted molar refractivity (Wildman–Crippen MR) is 91.3 cm³/mol. The highest BCUT2D eigenvalue weighted by Crippen LogP contribution is 2.29. The molecule has 120 valence electrons. The molecule has 1 aliphatic rings. The van der Waals surface area contributed by atoms with E-state index in [1.165, 1.54) is 11.1 Å². The van der Waals surface area contributed by atoms with Crippen LogP contribution in [0.15, 0.2) is 54.6 Å². The molecule has 0 N–H and O–H groups in total. The van der Waals surface area contributed by atoms with Gasteiger partial charge in [0.05, 0.1) is 7.11 Å². The van der Waals surface area contributed by atoms with E-state index in [1.54, 1.807) is 7.11 Å². The minimum atomic E-state index is 0.257. The maximum Gasteiger partial charge on any atom is 0.223 e. The van der Waals surface area contributed by atoms with Gasteiger partial charge in [0.1, 0.15) is 5.75 Å². The maximum atomic E-state index is 12.6. The number of carbonyl (C=O) groups is 1. The van der Waals surface area contributed by atoms with Crippen LogP contribution in [0.3, 0.4) is 0 Å². The number of amides is 1. The Labute approximate surface area is 137 Å². The minimum Gasteiger partial charge on any atom is -0.497 e. The summed E-state index contributed by atoms with van der Waals surface area (Å²) in [7, 11) is 1.66. The van der Waals surface area contributed by atoms with E-state index in [1.807, 2.05) is 42.5 Å². The van der Waals surface area contributed by atoms with Gasteiger partial charge >= 0.3 is 0 Å². The first-order valence-electron chi connectivity index (χ1n) is 8.22. The number of hydrogen-bond donors (Lipinski definition) is 0. The highest BCUT2D eigenvalue weighted by Gasteiger charge is 2.32. The summed E-state index contributed by atoms with van der Waals surface area (Å²) in [4.78, 5) is 14.7. The molecule has 0 unspecified atom stereocenters. The summed E-state index contributed by atoms with van der Waals surface area (Å²) in [6, 6.07) is 18.7. The van der Waals surface area contributed by atoms with Crippen molar-refractivity contribution in [3.63, 3.8) is 0 Å². The second-order valence-electron chi connectivity index (χ2n) is 6.09. The van der Waals surface area contributed by atoms with Crippen molar-refractivity contribution in [2.24, 2.45) is 0 Å². The Morgan fingerprint density at radius 1 is 1.04 bits per heavy atom. The van der Waals surface area contributed by atoms with Gasteiger partial charge in [-0.25, -0.2) is 0 Å². The van der Waals surface area contributed by atoms with Crippen LogP contribution < -0.4 is 4.74 Å². The first kappa shape index (κ1) is 15.6. The summed E-state index contributed by atoms with van der Waals surface area (Å²) in [5.74, 6) is 1.11. The zero-order valence-corrected chi connectivity index (χ0v) is 13.6. The Morgan fingerprint density at radius 2 is 1.74 bits per heavy atom. The number of hydrogen-bond acceptors (Lipinski definition) is 2. The van der Waals surface area contributed by atoms with Gasteiger partial charge in [-0.2, -0.15) is 0 Å². The van der Waals surface area contributed by atoms with Crippen LogP contribution in [0, 0.1) is 0 Å². The molecular weight excluding hydrogens is 286 g/mol. The highest BCUT2D eigenvalue weighted by molar-refractivity contribution is 5.77. The van der Waals surface area contributed by atoms with Crippen molar-refractivity contribution in [3.8, 4) is 5.75 Å². The van der Waals surface area contributed by atoms with Gasteiger partial charge in [0.2, 0.25) is 5.91 Å². The van der Waals surface area contributed by atoms with Gasteiger partial charge in [-0.15, -0.1) is 0 Å². The molecule has 1 fully saturated rings.